The van der Waals surface area contributed by atoms with Crippen molar-refractivity contribution in [1.82, 2.24) is 9.29 Å². The lowest BCUT2D eigenvalue weighted by atomic mass is 9.98. The van der Waals surface area contributed by atoms with Gasteiger partial charge < -0.3 is 5.32 Å². The molecule has 0 bridgehead atoms. The molecule has 112 valence electrons. The number of anilines is 1. The van der Waals surface area contributed by atoms with Gasteiger partial charge in [0.25, 0.3) is 0 Å². The summed E-state index contributed by atoms with van der Waals surface area (Å²) in [5, 5.41) is 2.89. The molecule has 0 saturated carbocycles. The standard InChI is InChI=1S/C14H23N3O2S/c1-3-12-5-4-9-17(10-8-12)20(18,19)13-6-7-14(15-2)16-11-13/h6-7,11-12H,3-5,8-10H2,1-2H3,(H,15,16). The molecule has 2 rings (SSSR count). The maximum Gasteiger partial charge on any atom is 0.244 e. The van der Waals surface area contributed by atoms with Crippen LogP contribution >= 0.6 is 0 Å². The Balaban J connectivity index is 2.16. The van der Waals surface area contributed by atoms with E-state index in [1.807, 2.05) is 0 Å². The van der Waals surface area contributed by atoms with E-state index in [0.717, 1.165) is 25.7 Å². The molecule has 1 N–H and O–H groups in total. The van der Waals surface area contributed by atoms with Crippen molar-refractivity contribution in [2.45, 2.75) is 37.5 Å². The van der Waals surface area contributed by atoms with Gasteiger partial charge in [-0.25, -0.2) is 13.4 Å². The lowest BCUT2D eigenvalue weighted by Crippen LogP contribution is -2.32. The minimum atomic E-state index is -3.40. The van der Waals surface area contributed by atoms with Gasteiger partial charge in [-0.05, 0) is 37.3 Å². The molecule has 0 aromatic carbocycles. The quantitative estimate of drug-likeness (QED) is 0.926. The van der Waals surface area contributed by atoms with Crippen molar-refractivity contribution in [2.75, 3.05) is 25.5 Å². The van der Waals surface area contributed by atoms with Crippen LogP contribution in [-0.2, 0) is 10.0 Å². The van der Waals surface area contributed by atoms with Crippen LogP contribution in [0.25, 0.3) is 0 Å². The summed E-state index contributed by atoms with van der Waals surface area (Å²) in [6.45, 7) is 3.41. The first-order chi connectivity index (χ1) is 9.57. The van der Waals surface area contributed by atoms with Crippen LogP contribution in [0.3, 0.4) is 0 Å². The highest BCUT2D eigenvalue weighted by atomic mass is 32.2. The number of rotatable bonds is 4. The van der Waals surface area contributed by atoms with Gasteiger partial charge in [0.05, 0.1) is 0 Å². The second kappa shape index (κ2) is 6.54. The van der Waals surface area contributed by atoms with Crippen molar-refractivity contribution in [3.8, 4) is 0 Å². The van der Waals surface area contributed by atoms with Crippen molar-refractivity contribution in [3.05, 3.63) is 18.3 Å². The van der Waals surface area contributed by atoms with Crippen LogP contribution in [-0.4, -0.2) is 37.8 Å². The van der Waals surface area contributed by atoms with E-state index in [1.54, 1.807) is 23.5 Å². The maximum atomic E-state index is 12.6. The summed E-state index contributed by atoms with van der Waals surface area (Å²) in [7, 11) is -1.64. The Labute approximate surface area is 121 Å². The fraction of sp³-hybridized carbons (Fsp3) is 0.643. The van der Waals surface area contributed by atoms with Gasteiger partial charge in [0.15, 0.2) is 0 Å². The van der Waals surface area contributed by atoms with E-state index in [1.165, 1.54) is 6.20 Å². The molecular formula is C14H23N3O2S. The molecule has 0 spiro atoms. The Morgan fingerprint density at radius 3 is 2.75 bits per heavy atom. The molecule has 1 fully saturated rings. The zero-order chi connectivity index (χ0) is 14.6. The fourth-order valence-electron chi connectivity index (χ4n) is 2.62. The number of pyridine rings is 1. The number of hydrogen-bond acceptors (Lipinski definition) is 4. The first-order valence-corrected chi connectivity index (χ1v) is 8.66. The van der Waals surface area contributed by atoms with E-state index in [-0.39, 0.29) is 4.90 Å². The Hall–Kier alpha value is -1.14. The first-order valence-electron chi connectivity index (χ1n) is 7.22. The summed E-state index contributed by atoms with van der Waals surface area (Å²) in [4.78, 5) is 4.38. The Morgan fingerprint density at radius 1 is 1.35 bits per heavy atom. The van der Waals surface area contributed by atoms with Crippen LogP contribution in [0.1, 0.15) is 32.6 Å². The van der Waals surface area contributed by atoms with Gasteiger partial charge in [0.1, 0.15) is 10.7 Å². The van der Waals surface area contributed by atoms with Crippen molar-refractivity contribution in [1.29, 1.82) is 0 Å². The largest absolute Gasteiger partial charge is 0.373 e. The number of nitrogens with zero attached hydrogens (tertiary/aromatic N) is 2. The van der Waals surface area contributed by atoms with E-state index in [0.29, 0.717) is 24.8 Å². The Kier molecular flexibility index (Phi) is 4.99. The summed E-state index contributed by atoms with van der Waals surface area (Å²) in [6.07, 6.45) is 5.59. The summed E-state index contributed by atoms with van der Waals surface area (Å²) in [6, 6.07) is 3.32. The fourth-order valence-corrected chi connectivity index (χ4v) is 4.06. The SMILES string of the molecule is CCC1CCCN(S(=O)(=O)c2ccc(NC)nc2)CC1. The molecule has 1 aliphatic heterocycles. The average molecular weight is 297 g/mol. The number of nitrogens with one attached hydrogen (secondary N) is 1. The third-order valence-electron chi connectivity index (χ3n) is 4.01. The van der Waals surface area contributed by atoms with Gasteiger partial charge in [0, 0.05) is 26.3 Å². The highest BCUT2D eigenvalue weighted by Gasteiger charge is 2.27. The second-order valence-electron chi connectivity index (χ2n) is 5.24. The molecule has 5 nitrogen and oxygen atoms in total. The first kappa shape index (κ1) is 15.3. The summed E-state index contributed by atoms with van der Waals surface area (Å²) < 4.78 is 26.8. The Morgan fingerprint density at radius 2 is 2.15 bits per heavy atom. The summed E-state index contributed by atoms with van der Waals surface area (Å²) in [5.74, 6) is 1.32. The molecule has 1 atom stereocenters. The van der Waals surface area contributed by atoms with Crippen LogP contribution in [0.2, 0.25) is 0 Å². The predicted octanol–water partition coefficient (Wildman–Crippen LogP) is 2.32. The molecule has 6 heteroatoms. The van der Waals surface area contributed by atoms with Gasteiger partial charge in [-0.2, -0.15) is 4.31 Å². The molecule has 1 aromatic heterocycles. The van der Waals surface area contributed by atoms with Crippen molar-refractivity contribution in [2.24, 2.45) is 5.92 Å². The molecule has 0 radical (unpaired) electrons. The van der Waals surface area contributed by atoms with Crippen molar-refractivity contribution in [3.63, 3.8) is 0 Å². The zero-order valence-electron chi connectivity index (χ0n) is 12.2. The van der Waals surface area contributed by atoms with E-state index in [9.17, 15) is 8.42 Å². The second-order valence-corrected chi connectivity index (χ2v) is 7.18. The highest BCUT2D eigenvalue weighted by molar-refractivity contribution is 7.89. The van der Waals surface area contributed by atoms with Crippen molar-refractivity contribution < 1.29 is 8.42 Å². The molecule has 1 saturated heterocycles. The maximum absolute atomic E-state index is 12.6. The number of aromatic nitrogens is 1. The highest BCUT2D eigenvalue weighted by Crippen LogP contribution is 2.24. The van der Waals surface area contributed by atoms with Crippen LogP contribution in [0, 0.1) is 5.92 Å². The molecule has 1 aromatic rings. The van der Waals surface area contributed by atoms with Gasteiger partial charge in [-0.1, -0.05) is 13.3 Å². The van der Waals surface area contributed by atoms with Gasteiger partial charge in [-0.15, -0.1) is 0 Å². The van der Waals surface area contributed by atoms with Crippen LogP contribution < -0.4 is 5.32 Å². The van der Waals surface area contributed by atoms with E-state index in [4.69, 9.17) is 0 Å². The molecule has 2 heterocycles. The van der Waals surface area contributed by atoms with Gasteiger partial charge in [0.2, 0.25) is 10.0 Å². The summed E-state index contributed by atoms with van der Waals surface area (Å²) in [5.41, 5.74) is 0. The van der Waals surface area contributed by atoms with E-state index in [2.05, 4.69) is 17.2 Å². The molecule has 0 aliphatic carbocycles. The van der Waals surface area contributed by atoms with Crippen LogP contribution in [0.5, 0.6) is 0 Å². The predicted molar refractivity (Wildman–Crippen MR) is 80.2 cm³/mol. The minimum Gasteiger partial charge on any atom is -0.373 e. The normalized spacial score (nSPS) is 21.4. The van der Waals surface area contributed by atoms with Crippen LogP contribution in [0.4, 0.5) is 5.82 Å². The molecule has 20 heavy (non-hydrogen) atoms. The lowest BCUT2D eigenvalue weighted by Gasteiger charge is -2.20. The Bertz CT molecular complexity index is 528. The third kappa shape index (κ3) is 3.30. The van der Waals surface area contributed by atoms with Crippen LogP contribution in [0.15, 0.2) is 23.2 Å². The zero-order valence-corrected chi connectivity index (χ0v) is 13.0. The lowest BCUT2D eigenvalue weighted by molar-refractivity contribution is 0.407. The van der Waals surface area contributed by atoms with E-state index < -0.39 is 10.0 Å². The smallest absolute Gasteiger partial charge is 0.244 e. The van der Waals surface area contributed by atoms with E-state index >= 15 is 0 Å². The minimum absolute atomic E-state index is 0.284. The number of sulfonamides is 1. The van der Waals surface area contributed by atoms with Crippen molar-refractivity contribution >= 4 is 15.8 Å². The molecule has 0 amide bonds. The third-order valence-corrected chi connectivity index (χ3v) is 5.90. The average Bonchev–Trinajstić information content (AvgIpc) is 2.73. The summed E-state index contributed by atoms with van der Waals surface area (Å²) >= 11 is 0. The number of hydrogen-bond donors (Lipinski definition) is 1. The monoisotopic (exact) mass is 297 g/mol. The molecule has 1 aliphatic rings. The molecular weight excluding hydrogens is 274 g/mol. The topological polar surface area (TPSA) is 62.3 Å². The molecule has 1 unspecified atom stereocenters. The van der Waals surface area contributed by atoms with Gasteiger partial charge >= 0.3 is 0 Å². The van der Waals surface area contributed by atoms with Gasteiger partial charge in [-0.3, -0.25) is 0 Å².